The zero-order valence-corrected chi connectivity index (χ0v) is 24.8. The minimum absolute atomic E-state index is 0.0162. The van der Waals surface area contributed by atoms with Crippen LogP contribution in [-0.2, 0) is 22.2 Å². The molecule has 41 heavy (non-hydrogen) atoms. The second kappa shape index (κ2) is 13.5. The van der Waals surface area contributed by atoms with Gasteiger partial charge >= 0.3 is 12.3 Å². The van der Waals surface area contributed by atoms with Crippen molar-refractivity contribution in [2.75, 3.05) is 36.1 Å². The first kappa shape index (κ1) is 31.2. The molecule has 0 N–H and O–H groups in total. The second-order valence-corrected chi connectivity index (χ2v) is 11.3. The van der Waals surface area contributed by atoms with Gasteiger partial charge in [-0.3, -0.25) is 0 Å². The number of carbonyl (C=O) groups excluding carboxylic acids is 1. The maximum absolute atomic E-state index is 13.6. The van der Waals surface area contributed by atoms with Crippen LogP contribution >= 0.6 is 11.6 Å². The van der Waals surface area contributed by atoms with Crippen LogP contribution in [0.15, 0.2) is 30.6 Å². The number of morpholine rings is 1. The summed E-state index contributed by atoms with van der Waals surface area (Å²) in [6.45, 7) is 10.6. The van der Waals surface area contributed by atoms with E-state index >= 15 is 0 Å². The molecular formula is C29H39ClF3N5O3. The molecule has 0 bridgehead atoms. The lowest BCUT2D eigenvalue weighted by Crippen LogP contribution is -2.57. The number of alkyl halides is 3. The lowest BCUT2D eigenvalue weighted by atomic mass is 9.87. The summed E-state index contributed by atoms with van der Waals surface area (Å²) >= 11 is 6.14. The predicted octanol–water partition coefficient (Wildman–Crippen LogP) is 6.56. The molecule has 3 atom stereocenters. The highest BCUT2D eigenvalue weighted by Crippen LogP contribution is 2.36. The van der Waals surface area contributed by atoms with Gasteiger partial charge in [-0.1, -0.05) is 25.4 Å². The number of rotatable bonds is 8. The Balaban J connectivity index is 1.68. The van der Waals surface area contributed by atoms with Crippen molar-refractivity contribution in [1.29, 1.82) is 0 Å². The Kier molecular flexibility index (Phi) is 10.2. The van der Waals surface area contributed by atoms with E-state index in [4.69, 9.17) is 21.1 Å². The van der Waals surface area contributed by atoms with Crippen LogP contribution in [0.25, 0.3) is 0 Å². The van der Waals surface area contributed by atoms with Crippen molar-refractivity contribution in [2.24, 2.45) is 0 Å². The molecule has 2 aromatic rings. The van der Waals surface area contributed by atoms with Crippen molar-refractivity contribution in [3.05, 3.63) is 46.7 Å². The Morgan fingerprint density at radius 1 is 1.10 bits per heavy atom. The van der Waals surface area contributed by atoms with Crippen molar-refractivity contribution >= 4 is 29.3 Å². The topological polar surface area (TPSA) is 71.0 Å². The van der Waals surface area contributed by atoms with E-state index in [-0.39, 0.29) is 41.9 Å². The lowest BCUT2D eigenvalue weighted by Gasteiger charge is -2.47. The van der Waals surface area contributed by atoms with Gasteiger partial charge in [-0.2, -0.15) is 13.2 Å². The number of hydrogen-bond donors (Lipinski definition) is 0. The van der Waals surface area contributed by atoms with Gasteiger partial charge in [-0.15, -0.1) is 0 Å². The van der Waals surface area contributed by atoms with Crippen molar-refractivity contribution in [1.82, 2.24) is 14.9 Å². The summed E-state index contributed by atoms with van der Waals surface area (Å²) in [7, 11) is 0. The number of likely N-dealkylation sites (tertiary alicyclic amines) is 1. The fourth-order valence-corrected chi connectivity index (χ4v) is 5.96. The van der Waals surface area contributed by atoms with E-state index in [1.54, 1.807) is 18.5 Å². The van der Waals surface area contributed by atoms with E-state index in [2.05, 4.69) is 14.9 Å². The van der Waals surface area contributed by atoms with Gasteiger partial charge in [0.2, 0.25) is 5.95 Å². The van der Waals surface area contributed by atoms with Crippen LogP contribution in [-0.4, -0.2) is 71.5 Å². The lowest BCUT2D eigenvalue weighted by molar-refractivity contribution is -0.137. The summed E-state index contributed by atoms with van der Waals surface area (Å²) in [6, 6.07) is 3.27. The number of halogens is 4. The molecule has 0 saturated carbocycles. The predicted molar refractivity (Wildman–Crippen MR) is 152 cm³/mol. The number of ether oxygens (including phenoxy) is 2. The van der Waals surface area contributed by atoms with E-state index in [9.17, 15) is 18.0 Å². The summed E-state index contributed by atoms with van der Waals surface area (Å²) in [6.07, 6.45) is 1.02. The number of piperidine rings is 1. The van der Waals surface area contributed by atoms with Crippen LogP contribution in [0, 0.1) is 0 Å². The standard InChI is InChI=1S/C29H39ClF3N5O3/c1-5-23-14-25(15-24(6-2)38(23)28(39)41-19(3)4)37(18-20-11-21(29(31,32)33)13-22(30)12-20)27-34-16-26(17-35-27)36-7-9-40-10-8-36/h11-13,16-17,19,23-25H,5-10,14-15,18H2,1-4H3/t23-,24+,25+. The van der Waals surface area contributed by atoms with E-state index < -0.39 is 11.7 Å². The van der Waals surface area contributed by atoms with Gasteiger partial charge in [-0.05, 0) is 63.3 Å². The van der Waals surface area contributed by atoms with Crippen LogP contribution in [0.3, 0.4) is 0 Å². The molecule has 1 aromatic heterocycles. The second-order valence-electron chi connectivity index (χ2n) is 10.9. The van der Waals surface area contributed by atoms with Gasteiger partial charge < -0.3 is 24.2 Å². The number of aromatic nitrogens is 2. The first-order chi connectivity index (χ1) is 19.5. The first-order valence-corrected chi connectivity index (χ1v) is 14.6. The Labute approximate surface area is 244 Å². The van der Waals surface area contributed by atoms with E-state index in [1.807, 2.05) is 37.5 Å². The van der Waals surface area contributed by atoms with Gasteiger partial charge in [0.1, 0.15) is 0 Å². The molecule has 0 radical (unpaired) electrons. The number of benzene rings is 1. The Morgan fingerprint density at radius 3 is 2.24 bits per heavy atom. The zero-order chi connectivity index (χ0) is 29.7. The van der Waals surface area contributed by atoms with Crippen LogP contribution in [0.5, 0.6) is 0 Å². The van der Waals surface area contributed by atoms with Crippen molar-refractivity contribution in [3.8, 4) is 0 Å². The summed E-state index contributed by atoms with van der Waals surface area (Å²) in [4.78, 5) is 28.4. The molecular weight excluding hydrogens is 559 g/mol. The Bertz CT molecular complexity index is 1150. The van der Waals surface area contributed by atoms with Gasteiger partial charge in [0.15, 0.2) is 0 Å². The largest absolute Gasteiger partial charge is 0.447 e. The van der Waals surface area contributed by atoms with Crippen molar-refractivity contribution in [3.63, 3.8) is 0 Å². The molecule has 0 spiro atoms. The number of amides is 1. The number of hydrogen-bond acceptors (Lipinski definition) is 7. The first-order valence-electron chi connectivity index (χ1n) is 14.3. The number of nitrogens with zero attached hydrogens (tertiary/aromatic N) is 5. The number of carbonyl (C=O) groups is 1. The zero-order valence-electron chi connectivity index (χ0n) is 24.0. The summed E-state index contributed by atoms with van der Waals surface area (Å²) < 4.78 is 51.9. The highest BCUT2D eigenvalue weighted by molar-refractivity contribution is 6.30. The third-order valence-corrected chi connectivity index (χ3v) is 7.92. The quantitative estimate of drug-likeness (QED) is 0.341. The van der Waals surface area contributed by atoms with Gasteiger partial charge in [0.05, 0.1) is 43.0 Å². The average molecular weight is 598 g/mol. The van der Waals surface area contributed by atoms with Crippen LogP contribution < -0.4 is 9.80 Å². The van der Waals surface area contributed by atoms with Gasteiger partial charge in [-0.25, -0.2) is 14.8 Å². The highest BCUT2D eigenvalue weighted by atomic mass is 35.5. The van der Waals surface area contributed by atoms with E-state index in [0.717, 1.165) is 30.9 Å². The molecule has 3 heterocycles. The minimum Gasteiger partial charge on any atom is -0.447 e. The smallest absolute Gasteiger partial charge is 0.416 e. The van der Waals surface area contributed by atoms with E-state index in [1.165, 1.54) is 0 Å². The normalized spacial score (nSPS) is 21.7. The third-order valence-electron chi connectivity index (χ3n) is 7.70. The molecule has 2 aliphatic heterocycles. The van der Waals surface area contributed by atoms with E-state index in [0.29, 0.717) is 50.4 Å². The molecule has 4 rings (SSSR count). The molecule has 0 unspecified atom stereocenters. The average Bonchev–Trinajstić information content (AvgIpc) is 2.94. The van der Waals surface area contributed by atoms with Crippen LogP contribution in [0.1, 0.15) is 64.5 Å². The fourth-order valence-electron chi connectivity index (χ4n) is 5.70. The molecule has 0 aliphatic carbocycles. The maximum atomic E-state index is 13.6. The molecule has 2 aliphatic rings. The van der Waals surface area contributed by atoms with Gasteiger partial charge in [0.25, 0.3) is 0 Å². The molecule has 2 saturated heterocycles. The Morgan fingerprint density at radius 2 is 1.71 bits per heavy atom. The summed E-state index contributed by atoms with van der Waals surface area (Å²) in [5, 5.41) is 0.0162. The molecule has 226 valence electrons. The maximum Gasteiger partial charge on any atom is 0.416 e. The molecule has 1 aromatic carbocycles. The molecule has 2 fully saturated rings. The third kappa shape index (κ3) is 7.74. The monoisotopic (exact) mass is 597 g/mol. The summed E-state index contributed by atoms with van der Waals surface area (Å²) in [5.74, 6) is 0.420. The summed E-state index contributed by atoms with van der Waals surface area (Å²) in [5.41, 5.74) is 0.476. The van der Waals surface area contributed by atoms with Crippen molar-refractivity contribution in [2.45, 2.75) is 90.3 Å². The van der Waals surface area contributed by atoms with Crippen LogP contribution in [0.2, 0.25) is 5.02 Å². The molecule has 1 amide bonds. The van der Waals surface area contributed by atoms with Crippen LogP contribution in [0.4, 0.5) is 29.6 Å². The van der Waals surface area contributed by atoms with Crippen molar-refractivity contribution < 1.29 is 27.4 Å². The minimum atomic E-state index is -4.52. The number of anilines is 2. The fraction of sp³-hybridized carbons (Fsp3) is 0.621. The van der Waals surface area contributed by atoms with Gasteiger partial charge in [0, 0.05) is 42.8 Å². The highest BCUT2D eigenvalue weighted by Gasteiger charge is 2.41. The molecule has 12 heteroatoms. The SMILES string of the molecule is CC[C@@H]1C[C@H](N(Cc2cc(Cl)cc(C(F)(F)F)c2)c2ncc(N3CCOCC3)cn2)C[C@H](CC)N1C(=O)OC(C)C. The Hall–Kier alpha value is -2.79. The molecule has 8 nitrogen and oxygen atoms in total.